The third-order valence-corrected chi connectivity index (χ3v) is 0.927. The van der Waals surface area contributed by atoms with Gasteiger partial charge in [-0.1, -0.05) is 5.92 Å². The molecule has 2 heteroatoms. The molecule has 1 aliphatic heterocycles. The Kier molecular flexibility index (Phi) is 0.950. The second-order valence-corrected chi connectivity index (χ2v) is 1.72. The summed E-state index contributed by atoms with van der Waals surface area (Å²) in [6.07, 6.45) is 0.322. The maximum absolute atomic E-state index is 4.80. The van der Waals surface area contributed by atoms with Crippen LogP contribution in [0.4, 0.5) is 0 Å². The van der Waals surface area contributed by atoms with Crippen LogP contribution in [-0.4, -0.2) is 23.0 Å². The summed E-state index contributed by atoms with van der Waals surface area (Å²) in [6.45, 7) is 0.870. The molecule has 1 aliphatic rings. The first-order valence-electron chi connectivity index (χ1n) is 1.97. The van der Waals surface area contributed by atoms with Gasteiger partial charge in [-0.05, 0) is 0 Å². The highest BCUT2D eigenvalue weighted by atomic mass is 28.1. The van der Waals surface area contributed by atoms with Crippen LogP contribution in [-0.2, 0) is 4.74 Å². The van der Waals surface area contributed by atoms with E-state index in [2.05, 4.69) is 11.5 Å². The van der Waals surface area contributed by atoms with E-state index in [-0.39, 0.29) is 0 Å². The van der Waals surface area contributed by atoms with Gasteiger partial charge in [0.2, 0.25) is 0 Å². The lowest BCUT2D eigenvalue weighted by Crippen LogP contribution is -1.71. The smallest absolute Gasteiger partial charge is 0.141 e. The van der Waals surface area contributed by atoms with Gasteiger partial charge in [-0.3, -0.25) is 0 Å². The van der Waals surface area contributed by atoms with Gasteiger partial charge in [0.15, 0.2) is 0 Å². The van der Waals surface area contributed by atoms with Gasteiger partial charge >= 0.3 is 0 Å². The molecule has 1 rings (SSSR count). The molecular weight excluding hydrogens is 92.1 g/mol. The van der Waals surface area contributed by atoms with E-state index in [0.717, 1.165) is 16.8 Å². The summed E-state index contributed by atoms with van der Waals surface area (Å²) in [5, 5.41) is 0. The Morgan fingerprint density at radius 1 is 1.83 bits per heavy atom. The van der Waals surface area contributed by atoms with Crippen molar-refractivity contribution in [3.63, 3.8) is 0 Å². The highest BCUT2D eigenvalue weighted by Gasteiger charge is 2.17. The number of rotatable bonds is 0. The first-order chi connectivity index (χ1) is 2.93. The molecule has 0 spiro atoms. The maximum atomic E-state index is 4.80. The van der Waals surface area contributed by atoms with Crippen LogP contribution < -0.4 is 0 Å². The summed E-state index contributed by atoms with van der Waals surface area (Å²) in [4.78, 5) is 0. The molecule has 1 nitrogen and oxygen atoms in total. The van der Waals surface area contributed by atoms with Crippen molar-refractivity contribution in [2.75, 3.05) is 6.61 Å². The van der Waals surface area contributed by atoms with E-state index in [1.165, 1.54) is 0 Å². The third kappa shape index (κ3) is 0.850. The largest absolute Gasteiger partial charge is 0.359 e. The van der Waals surface area contributed by atoms with Crippen molar-refractivity contribution in [2.24, 2.45) is 0 Å². The summed E-state index contributed by atoms with van der Waals surface area (Å²) in [5.74, 6) is 2.91. The molecule has 6 heavy (non-hydrogen) atoms. The van der Waals surface area contributed by atoms with Crippen LogP contribution >= 0.6 is 0 Å². The molecule has 0 bridgehead atoms. The van der Waals surface area contributed by atoms with Gasteiger partial charge in [-0.15, -0.1) is 5.54 Å². The van der Waals surface area contributed by atoms with Crippen molar-refractivity contribution in [2.45, 2.75) is 6.10 Å². The van der Waals surface area contributed by atoms with Crippen molar-refractivity contribution in [1.29, 1.82) is 0 Å². The lowest BCUT2D eigenvalue weighted by molar-refractivity contribution is 0.445. The molecule has 1 heterocycles. The molecule has 0 radical (unpaired) electrons. The van der Waals surface area contributed by atoms with Crippen LogP contribution in [0.5, 0.6) is 0 Å². The van der Waals surface area contributed by atoms with Gasteiger partial charge in [0.1, 0.15) is 6.10 Å². The first-order valence-corrected chi connectivity index (χ1v) is 2.97. The molecule has 1 saturated heterocycles. The Morgan fingerprint density at radius 2 is 2.50 bits per heavy atom. The van der Waals surface area contributed by atoms with E-state index in [1.807, 2.05) is 0 Å². The Balaban J connectivity index is 2.27. The summed E-state index contributed by atoms with van der Waals surface area (Å²) in [5.41, 5.74) is 2.89. The highest BCUT2D eigenvalue weighted by molar-refractivity contribution is 6.22. The van der Waals surface area contributed by atoms with Crippen LogP contribution in [0.15, 0.2) is 0 Å². The zero-order valence-corrected chi connectivity index (χ0v) is 5.69. The highest BCUT2D eigenvalue weighted by Crippen LogP contribution is 2.04. The fourth-order valence-electron chi connectivity index (χ4n) is 0.292. The zero-order chi connectivity index (χ0) is 4.41. The summed E-state index contributed by atoms with van der Waals surface area (Å²) >= 11 is 0. The average molecular weight is 98.2 g/mol. The van der Waals surface area contributed by atoms with Crippen molar-refractivity contribution < 1.29 is 4.74 Å². The lowest BCUT2D eigenvalue weighted by Gasteiger charge is -1.59. The van der Waals surface area contributed by atoms with Gasteiger partial charge in [0, 0.05) is 0 Å². The monoisotopic (exact) mass is 98.0 g/mol. The van der Waals surface area contributed by atoms with Gasteiger partial charge in [0.05, 0.1) is 16.8 Å². The van der Waals surface area contributed by atoms with Crippen LogP contribution in [0.3, 0.4) is 0 Å². The maximum Gasteiger partial charge on any atom is 0.141 e. The Bertz CT molecular complexity index is 95.9. The molecule has 0 N–H and O–H groups in total. The minimum Gasteiger partial charge on any atom is -0.359 e. The molecule has 0 aromatic heterocycles. The van der Waals surface area contributed by atoms with Gasteiger partial charge < -0.3 is 4.74 Å². The van der Waals surface area contributed by atoms with E-state index in [4.69, 9.17) is 4.74 Å². The second kappa shape index (κ2) is 1.46. The first kappa shape index (κ1) is 3.91. The fourth-order valence-corrected chi connectivity index (χ4v) is 0.614. The quantitative estimate of drug-likeness (QED) is 0.209. The SMILES string of the molecule is [SiH3]C#CC1CO1. The summed E-state index contributed by atoms with van der Waals surface area (Å²) in [7, 11) is 0.986. The minimum absolute atomic E-state index is 0.322. The Hall–Kier alpha value is -0.263. The Morgan fingerprint density at radius 3 is 2.67 bits per heavy atom. The molecule has 0 aromatic rings. The van der Waals surface area contributed by atoms with Gasteiger partial charge in [0.25, 0.3) is 0 Å². The molecular formula is C4H6OSi. The predicted octanol–water partition coefficient (Wildman–Crippen LogP) is -1.29. The van der Waals surface area contributed by atoms with E-state index < -0.39 is 0 Å². The third-order valence-electron chi connectivity index (χ3n) is 0.639. The summed E-state index contributed by atoms with van der Waals surface area (Å²) in [6, 6.07) is 0. The predicted molar refractivity (Wildman–Crippen MR) is 27.5 cm³/mol. The molecule has 0 amide bonds. The normalized spacial score (nSPS) is 28.3. The molecule has 0 aromatic carbocycles. The van der Waals surface area contributed by atoms with Crippen molar-refractivity contribution in [3.8, 4) is 11.5 Å². The van der Waals surface area contributed by atoms with Crippen molar-refractivity contribution in [1.82, 2.24) is 0 Å². The van der Waals surface area contributed by atoms with E-state index in [0.29, 0.717) is 6.10 Å². The summed E-state index contributed by atoms with van der Waals surface area (Å²) < 4.78 is 4.80. The molecule has 0 saturated carbocycles. The van der Waals surface area contributed by atoms with Crippen molar-refractivity contribution >= 4 is 10.2 Å². The van der Waals surface area contributed by atoms with Gasteiger partial charge in [-0.2, -0.15) is 0 Å². The van der Waals surface area contributed by atoms with E-state index in [1.54, 1.807) is 0 Å². The van der Waals surface area contributed by atoms with Crippen molar-refractivity contribution in [3.05, 3.63) is 0 Å². The molecule has 32 valence electrons. The number of epoxide rings is 1. The van der Waals surface area contributed by atoms with Crippen LogP contribution in [0.1, 0.15) is 0 Å². The molecule has 0 aliphatic carbocycles. The fraction of sp³-hybridized carbons (Fsp3) is 0.500. The Labute approximate surface area is 40.1 Å². The van der Waals surface area contributed by atoms with E-state index >= 15 is 0 Å². The lowest BCUT2D eigenvalue weighted by atomic mass is 10.5. The number of hydrogen-bond acceptors (Lipinski definition) is 1. The van der Waals surface area contributed by atoms with Crippen LogP contribution in [0.25, 0.3) is 0 Å². The number of ether oxygens (including phenoxy) is 1. The molecule has 1 unspecified atom stereocenters. The number of hydrogen-bond donors (Lipinski definition) is 0. The minimum atomic E-state index is 0.322. The van der Waals surface area contributed by atoms with E-state index in [9.17, 15) is 0 Å². The molecule has 1 fully saturated rings. The average Bonchev–Trinajstić information content (AvgIpc) is 2.21. The second-order valence-electron chi connectivity index (χ2n) is 1.22. The van der Waals surface area contributed by atoms with Crippen LogP contribution in [0.2, 0.25) is 0 Å². The standard InChI is InChI=1S/C4H6OSi/c6-2-1-4-3-5-4/h4H,3H2,6H3. The molecule has 1 atom stereocenters. The van der Waals surface area contributed by atoms with Gasteiger partial charge in [-0.25, -0.2) is 0 Å². The zero-order valence-electron chi connectivity index (χ0n) is 3.69. The van der Waals surface area contributed by atoms with Crippen LogP contribution in [0, 0.1) is 11.5 Å². The topological polar surface area (TPSA) is 12.5 Å².